The Balaban J connectivity index is 2.17. The van der Waals surface area contributed by atoms with Gasteiger partial charge in [0, 0.05) is 10.9 Å². The predicted octanol–water partition coefficient (Wildman–Crippen LogP) is 5.17. The average Bonchev–Trinajstić information content (AvgIpc) is 2.37. The summed E-state index contributed by atoms with van der Waals surface area (Å²) in [4.78, 5) is 0. The van der Waals surface area contributed by atoms with Crippen molar-refractivity contribution in [3.8, 4) is 0 Å². The molecule has 0 radical (unpaired) electrons. The molecule has 2 aromatic rings. The van der Waals surface area contributed by atoms with Crippen molar-refractivity contribution in [1.82, 2.24) is 0 Å². The van der Waals surface area contributed by atoms with E-state index in [1.807, 2.05) is 0 Å². The molecule has 0 amide bonds. The summed E-state index contributed by atoms with van der Waals surface area (Å²) in [5.41, 5.74) is 1.40. The minimum absolute atomic E-state index is 0.0764. The number of hydrogen-bond acceptors (Lipinski definition) is 1. The van der Waals surface area contributed by atoms with E-state index < -0.39 is 11.9 Å². The normalized spacial score (nSPS) is 12.5. The van der Waals surface area contributed by atoms with Crippen molar-refractivity contribution in [3.63, 3.8) is 0 Å². The molecule has 0 saturated heterocycles. The Hall–Kier alpha value is -0.610. The van der Waals surface area contributed by atoms with E-state index in [-0.39, 0.29) is 5.02 Å². The summed E-state index contributed by atoms with van der Waals surface area (Å²) in [5, 5.41) is 10.8. The Morgan fingerprint density at radius 2 is 1.79 bits per heavy atom. The topological polar surface area (TPSA) is 20.2 Å². The first-order valence-corrected chi connectivity index (χ1v) is 7.09. The lowest BCUT2D eigenvalue weighted by Crippen LogP contribution is -2.02. The Morgan fingerprint density at radius 3 is 2.42 bits per heavy atom. The summed E-state index contributed by atoms with van der Waals surface area (Å²) in [5.74, 6) is -0.483. The van der Waals surface area contributed by atoms with Crippen LogP contribution in [0.15, 0.2) is 40.9 Å². The molecule has 0 fully saturated rings. The van der Waals surface area contributed by atoms with Crippen LogP contribution >= 0.6 is 39.1 Å². The van der Waals surface area contributed by atoms with E-state index in [4.69, 9.17) is 23.2 Å². The fraction of sp³-hybridized carbons (Fsp3) is 0.143. The van der Waals surface area contributed by atoms with Gasteiger partial charge in [0.1, 0.15) is 5.82 Å². The predicted molar refractivity (Wildman–Crippen MR) is 79.2 cm³/mol. The second kappa shape index (κ2) is 6.23. The molecule has 2 rings (SSSR count). The molecule has 1 atom stereocenters. The minimum atomic E-state index is -0.728. The van der Waals surface area contributed by atoms with Gasteiger partial charge in [-0.15, -0.1) is 0 Å². The molecule has 1 unspecified atom stereocenters. The largest absolute Gasteiger partial charge is 0.388 e. The lowest BCUT2D eigenvalue weighted by molar-refractivity contribution is 0.178. The van der Waals surface area contributed by atoms with Gasteiger partial charge in [-0.2, -0.15) is 0 Å². The molecule has 2 aromatic carbocycles. The first-order valence-electron chi connectivity index (χ1n) is 5.54. The van der Waals surface area contributed by atoms with Crippen LogP contribution in [0.25, 0.3) is 0 Å². The molecule has 19 heavy (non-hydrogen) atoms. The van der Waals surface area contributed by atoms with E-state index >= 15 is 0 Å². The van der Waals surface area contributed by atoms with Crippen LogP contribution in [0.5, 0.6) is 0 Å². The maximum atomic E-state index is 13.3. The fourth-order valence-corrected chi connectivity index (χ4v) is 2.36. The summed E-state index contributed by atoms with van der Waals surface area (Å²) in [6.45, 7) is 0. The molecular weight excluding hydrogens is 354 g/mol. The van der Waals surface area contributed by atoms with Crippen LogP contribution in [0.4, 0.5) is 4.39 Å². The average molecular weight is 364 g/mol. The van der Waals surface area contributed by atoms with E-state index in [1.165, 1.54) is 12.1 Å². The van der Waals surface area contributed by atoms with Crippen molar-refractivity contribution in [3.05, 3.63) is 67.9 Å². The van der Waals surface area contributed by atoms with Crippen LogP contribution in [0.2, 0.25) is 10.0 Å². The third-order valence-electron chi connectivity index (χ3n) is 2.74. The van der Waals surface area contributed by atoms with Crippen molar-refractivity contribution < 1.29 is 9.50 Å². The molecule has 0 aliphatic rings. The zero-order valence-electron chi connectivity index (χ0n) is 9.71. The Kier molecular flexibility index (Phi) is 4.85. The van der Waals surface area contributed by atoms with Crippen molar-refractivity contribution in [2.45, 2.75) is 12.5 Å². The minimum Gasteiger partial charge on any atom is -0.388 e. The molecule has 0 aromatic heterocycles. The van der Waals surface area contributed by atoms with Gasteiger partial charge in [-0.1, -0.05) is 35.3 Å². The number of aliphatic hydroxyl groups is 1. The second-order valence-corrected chi connectivity index (χ2v) is 5.81. The second-order valence-electron chi connectivity index (χ2n) is 4.14. The number of aliphatic hydroxyl groups excluding tert-OH is 1. The van der Waals surface area contributed by atoms with Crippen molar-refractivity contribution in [2.75, 3.05) is 0 Å². The molecule has 0 saturated carbocycles. The van der Waals surface area contributed by atoms with Gasteiger partial charge in [0.15, 0.2) is 0 Å². The molecule has 0 bridgehead atoms. The van der Waals surface area contributed by atoms with Gasteiger partial charge < -0.3 is 5.11 Å². The van der Waals surface area contributed by atoms with Crippen LogP contribution in [0, 0.1) is 5.82 Å². The molecule has 0 spiro atoms. The zero-order chi connectivity index (χ0) is 14.0. The summed E-state index contributed by atoms with van der Waals surface area (Å²) >= 11 is 14.8. The van der Waals surface area contributed by atoms with Gasteiger partial charge >= 0.3 is 0 Å². The Labute approximate surface area is 129 Å². The van der Waals surface area contributed by atoms with Gasteiger partial charge in [-0.05, 0) is 51.3 Å². The number of halogens is 4. The van der Waals surface area contributed by atoms with Crippen LogP contribution in [-0.4, -0.2) is 5.11 Å². The van der Waals surface area contributed by atoms with Gasteiger partial charge in [-0.25, -0.2) is 4.39 Å². The molecule has 0 heterocycles. The van der Waals surface area contributed by atoms with Gasteiger partial charge in [0.25, 0.3) is 0 Å². The van der Waals surface area contributed by atoms with Gasteiger partial charge in [0.05, 0.1) is 16.1 Å². The Morgan fingerprint density at radius 1 is 1.11 bits per heavy atom. The summed E-state index contributed by atoms with van der Waals surface area (Å²) in [7, 11) is 0. The van der Waals surface area contributed by atoms with Crippen LogP contribution in [0.1, 0.15) is 17.2 Å². The van der Waals surface area contributed by atoms with Crippen LogP contribution in [-0.2, 0) is 6.42 Å². The molecule has 0 aliphatic heterocycles. The highest BCUT2D eigenvalue weighted by atomic mass is 79.9. The van der Waals surface area contributed by atoms with Crippen molar-refractivity contribution >= 4 is 39.1 Å². The summed E-state index contributed by atoms with van der Waals surface area (Å²) in [6, 6.07) is 9.70. The zero-order valence-corrected chi connectivity index (χ0v) is 12.8. The van der Waals surface area contributed by atoms with Gasteiger partial charge in [0.2, 0.25) is 0 Å². The highest BCUT2D eigenvalue weighted by Crippen LogP contribution is 2.28. The molecule has 1 N–H and O–H groups in total. The number of hydrogen-bond donors (Lipinski definition) is 1. The molecular formula is C14H10BrCl2FO. The maximum Gasteiger partial charge on any atom is 0.142 e. The molecule has 0 aliphatic carbocycles. The summed E-state index contributed by atoms with van der Waals surface area (Å²) in [6.07, 6.45) is -0.420. The monoisotopic (exact) mass is 362 g/mol. The molecule has 5 heteroatoms. The Bertz CT molecular complexity index is 604. The maximum absolute atomic E-state index is 13.3. The van der Waals surface area contributed by atoms with Crippen LogP contribution in [0.3, 0.4) is 0 Å². The first-order chi connectivity index (χ1) is 8.97. The lowest BCUT2D eigenvalue weighted by atomic mass is 10.0. The van der Waals surface area contributed by atoms with E-state index in [1.54, 1.807) is 24.3 Å². The van der Waals surface area contributed by atoms with Crippen LogP contribution < -0.4 is 0 Å². The number of rotatable bonds is 3. The SMILES string of the molecule is OC(Cc1ccc(Cl)c(F)c1)c1ccc(Cl)c(Br)c1. The quantitative estimate of drug-likeness (QED) is 0.797. The van der Waals surface area contributed by atoms with Crippen molar-refractivity contribution in [1.29, 1.82) is 0 Å². The van der Waals surface area contributed by atoms with E-state index in [0.29, 0.717) is 27.0 Å². The standard InChI is InChI=1S/C14H10BrCl2FO/c15-10-7-9(2-4-11(10)16)14(19)6-8-1-3-12(17)13(18)5-8/h1-5,7,14,19H,6H2. The van der Waals surface area contributed by atoms with E-state index in [2.05, 4.69) is 15.9 Å². The highest BCUT2D eigenvalue weighted by molar-refractivity contribution is 9.10. The van der Waals surface area contributed by atoms with E-state index in [0.717, 1.165) is 0 Å². The highest BCUT2D eigenvalue weighted by Gasteiger charge is 2.11. The number of benzene rings is 2. The summed E-state index contributed by atoms with van der Waals surface area (Å²) < 4.78 is 14.0. The third-order valence-corrected chi connectivity index (χ3v) is 4.26. The first kappa shape index (κ1) is 14.8. The fourth-order valence-electron chi connectivity index (χ4n) is 1.73. The van der Waals surface area contributed by atoms with Crippen molar-refractivity contribution in [2.24, 2.45) is 0 Å². The smallest absolute Gasteiger partial charge is 0.142 e. The van der Waals surface area contributed by atoms with Gasteiger partial charge in [-0.3, -0.25) is 0 Å². The molecule has 100 valence electrons. The third kappa shape index (κ3) is 3.69. The molecule has 1 nitrogen and oxygen atoms in total. The van der Waals surface area contributed by atoms with E-state index in [9.17, 15) is 9.50 Å². The lowest BCUT2D eigenvalue weighted by Gasteiger charge is -2.12.